The molecule has 0 aliphatic carbocycles. The molecule has 7 nitrogen and oxygen atoms in total. The van der Waals surface area contributed by atoms with Crippen molar-refractivity contribution in [2.24, 2.45) is 7.05 Å². The Morgan fingerprint density at radius 2 is 2.05 bits per heavy atom. The van der Waals surface area contributed by atoms with Crippen LogP contribution in [0.5, 0.6) is 0 Å². The zero-order chi connectivity index (χ0) is 15.8. The Morgan fingerprint density at radius 3 is 2.57 bits per heavy atom. The van der Waals surface area contributed by atoms with Crippen molar-refractivity contribution in [1.29, 1.82) is 0 Å². The second kappa shape index (κ2) is 5.55. The van der Waals surface area contributed by atoms with Crippen LogP contribution >= 0.6 is 23.2 Å². The summed E-state index contributed by atoms with van der Waals surface area (Å²) in [5.74, 6) is -1.31. The van der Waals surface area contributed by atoms with Gasteiger partial charge in [-0.1, -0.05) is 23.2 Å². The van der Waals surface area contributed by atoms with E-state index in [1.807, 2.05) is 0 Å². The lowest BCUT2D eigenvalue weighted by atomic mass is 10.2. The van der Waals surface area contributed by atoms with Crippen LogP contribution < -0.4 is 4.72 Å². The van der Waals surface area contributed by atoms with E-state index in [0.717, 1.165) is 10.7 Å². The van der Waals surface area contributed by atoms with Crippen LogP contribution in [-0.4, -0.2) is 29.3 Å². The van der Waals surface area contributed by atoms with Gasteiger partial charge in [-0.3, -0.25) is 9.40 Å². The zero-order valence-electron chi connectivity index (χ0n) is 10.5. The Balaban J connectivity index is 2.50. The van der Waals surface area contributed by atoms with Gasteiger partial charge < -0.3 is 5.11 Å². The highest BCUT2D eigenvalue weighted by atomic mass is 35.5. The van der Waals surface area contributed by atoms with Gasteiger partial charge in [-0.15, -0.1) is 0 Å². The Hall–Kier alpha value is -1.77. The van der Waals surface area contributed by atoms with Gasteiger partial charge in [-0.2, -0.15) is 13.5 Å². The largest absolute Gasteiger partial charge is 0.478 e. The van der Waals surface area contributed by atoms with Crippen LogP contribution in [0.4, 0.5) is 5.69 Å². The quantitative estimate of drug-likeness (QED) is 0.881. The smallest absolute Gasteiger partial charge is 0.337 e. The van der Waals surface area contributed by atoms with Crippen LogP contribution in [0.25, 0.3) is 0 Å². The van der Waals surface area contributed by atoms with E-state index in [4.69, 9.17) is 28.3 Å². The molecule has 21 heavy (non-hydrogen) atoms. The molecule has 0 unspecified atom stereocenters. The number of rotatable bonds is 4. The number of aromatic carboxylic acids is 1. The SMILES string of the molecule is Cn1ncc(Cl)c1S(=O)(=O)Nc1ccc(Cl)cc1C(=O)O. The van der Waals surface area contributed by atoms with E-state index in [9.17, 15) is 13.2 Å². The molecule has 0 aliphatic heterocycles. The summed E-state index contributed by atoms with van der Waals surface area (Å²) in [5, 5.41) is 12.6. The van der Waals surface area contributed by atoms with Crippen LogP contribution in [0.3, 0.4) is 0 Å². The van der Waals surface area contributed by atoms with E-state index in [0.29, 0.717) is 0 Å². The Bertz CT molecular complexity index is 797. The maximum absolute atomic E-state index is 12.3. The van der Waals surface area contributed by atoms with Crippen LogP contribution in [0.1, 0.15) is 10.4 Å². The predicted octanol–water partition coefficient (Wildman–Crippen LogP) is 2.23. The van der Waals surface area contributed by atoms with Crippen LogP contribution in [0, 0.1) is 0 Å². The van der Waals surface area contributed by atoms with Gasteiger partial charge in [-0.05, 0) is 18.2 Å². The van der Waals surface area contributed by atoms with E-state index >= 15 is 0 Å². The monoisotopic (exact) mass is 349 g/mol. The number of aromatic nitrogens is 2. The zero-order valence-corrected chi connectivity index (χ0v) is 12.9. The van der Waals surface area contributed by atoms with Gasteiger partial charge >= 0.3 is 5.97 Å². The molecule has 2 rings (SSSR count). The highest BCUT2D eigenvalue weighted by molar-refractivity contribution is 7.92. The summed E-state index contributed by atoms with van der Waals surface area (Å²) < 4.78 is 27.8. The molecule has 0 saturated heterocycles. The number of halogens is 2. The maximum Gasteiger partial charge on any atom is 0.337 e. The minimum absolute atomic E-state index is 0.0733. The second-order valence-corrected chi connectivity index (χ2v) is 6.46. The number of sulfonamides is 1. The summed E-state index contributed by atoms with van der Waals surface area (Å²) in [5.41, 5.74) is -0.395. The van der Waals surface area contributed by atoms with Gasteiger partial charge in [0.05, 0.1) is 22.5 Å². The highest BCUT2D eigenvalue weighted by Crippen LogP contribution is 2.26. The van der Waals surface area contributed by atoms with E-state index < -0.39 is 16.0 Å². The van der Waals surface area contributed by atoms with E-state index in [2.05, 4.69) is 9.82 Å². The fraction of sp³-hybridized carbons (Fsp3) is 0.0909. The first-order chi connectivity index (χ1) is 9.72. The minimum atomic E-state index is -4.09. The summed E-state index contributed by atoms with van der Waals surface area (Å²) >= 11 is 11.5. The van der Waals surface area contributed by atoms with Gasteiger partial charge in [0, 0.05) is 12.1 Å². The van der Waals surface area contributed by atoms with Crippen molar-refractivity contribution in [3.8, 4) is 0 Å². The number of carbonyl (C=O) groups is 1. The topological polar surface area (TPSA) is 101 Å². The molecule has 0 spiro atoms. The molecule has 2 aromatic rings. The van der Waals surface area contributed by atoms with Crippen LogP contribution in [0.15, 0.2) is 29.4 Å². The molecule has 0 radical (unpaired) electrons. The minimum Gasteiger partial charge on any atom is -0.478 e. The summed E-state index contributed by atoms with van der Waals surface area (Å²) in [6.07, 6.45) is 1.18. The van der Waals surface area contributed by atoms with Crippen LogP contribution in [-0.2, 0) is 17.1 Å². The maximum atomic E-state index is 12.3. The van der Waals surface area contributed by atoms with Gasteiger partial charge in [0.15, 0.2) is 5.03 Å². The molecule has 0 amide bonds. The fourth-order valence-corrected chi connectivity index (χ4v) is 3.59. The number of hydrogen-bond donors (Lipinski definition) is 2. The third kappa shape index (κ3) is 3.12. The predicted molar refractivity (Wildman–Crippen MR) is 77.4 cm³/mol. The number of aryl methyl sites for hydroxylation is 1. The molecular weight excluding hydrogens is 341 g/mol. The molecule has 1 aromatic carbocycles. The van der Waals surface area contributed by atoms with E-state index in [1.54, 1.807) is 0 Å². The summed E-state index contributed by atoms with van der Waals surface area (Å²) in [6.45, 7) is 0. The van der Waals surface area contributed by atoms with Gasteiger partial charge in [-0.25, -0.2) is 4.79 Å². The first-order valence-electron chi connectivity index (χ1n) is 5.45. The second-order valence-electron chi connectivity index (χ2n) is 4.02. The first kappa shape index (κ1) is 15.6. The molecule has 0 fully saturated rings. The molecule has 0 atom stereocenters. The van der Waals surface area contributed by atoms with Crippen molar-refractivity contribution >= 4 is 44.9 Å². The van der Waals surface area contributed by atoms with E-state index in [-0.39, 0.29) is 26.3 Å². The molecule has 1 aromatic heterocycles. The molecule has 1 heterocycles. The standard InChI is InChI=1S/C11H9Cl2N3O4S/c1-16-10(8(13)5-14-16)21(19,20)15-9-3-2-6(12)4-7(9)11(17)18/h2-5,15H,1H3,(H,17,18). The van der Waals surface area contributed by atoms with Gasteiger partial charge in [0.1, 0.15) is 0 Å². The molecule has 112 valence electrons. The lowest BCUT2D eigenvalue weighted by Gasteiger charge is -2.11. The molecule has 2 N–H and O–H groups in total. The van der Waals surface area contributed by atoms with Crippen molar-refractivity contribution in [3.63, 3.8) is 0 Å². The third-order valence-electron chi connectivity index (χ3n) is 2.55. The number of anilines is 1. The van der Waals surface area contributed by atoms with Crippen molar-refractivity contribution in [2.75, 3.05) is 4.72 Å². The normalized spacial score (nSPS) is 11.4. The Morgan fingerprint density at radius 1 is 1.38 bits per heavy atom. The Labute approximate surface area is 130 Å². The molecule has 0 aliphatic rings. The molecule has 0 bridgehead atoms. The summed E-state index contributed by atoms with van der Waals surface area (Å²) in [6, 6.07) is 3.77. The first-order valence-corrected chi connectivity index (χ1v) is 7.69. The van der Waals surface area contributed by atoms with Gasteiger partial charge in [0.25, 0.3) is 10.0 Å². The van der Waals surface area contributed by atoms with Gasteiger partial charge in [0.2, 0.25) is 0 Å². The fourth-order valence-electron chi connectivity index (χ4n) is 1.68. The summed E-state index contributed by atoms with van der Waals surface area (Å²) in [7, 11) is -2.68. The van der Waals surface area contributed by atoms with Crippen molar-refractivity contribution in [3.05, 3.63) is 40.0 Å². The van der Waals surface area contributed by atoms with Crippen LogP contribution in [0.2, 0.25) is 10.0 Å². The number of hydrogen-bond acceptors (Lipinski definition) is 4. The van der Waals surface area contributed by atoms with Crippen molar-refractivity contribution < 1.29 is 18.3 Å². The van der Waals surface area contributed by atoms with E-state index in [1.165, 1.54) is 25.4 Å². The number of carboxylic acid groups (broad SMARTS) is 1. The number of benzene rings is 1. The number of nitrogens with zero attached hydrogens (tertiary/aromatic N) is 2. The third-order valence-corrected chi connectivity index (χ3v) is 4.66. The molecule has 10 heteroatoms. The Kier molecular flexibility index (Phi) is 4.13. The van der Waals surface area contributed by atoms with Crippen molar-refractivity contribution in [2.45, 2.75) is 5.03 Å². The lowest BCUT2D eigenvalue weighted by Crippen LogP contribution is -2.18. The molecular formula is C11H9Cl2N3O4S. The summed E-state index contributed by atoms with van der Waals surface area (Å²) in [4.78, 5) is 11.1. The van der Waals surface area contributed by atoms with Crippen molar-refractivity contribution in [1.82, 2.24) is 9.78 Å². The lowest BCUT2D eigenvalue weighted by molar-refractivity contribution is 0.0698. The number of nitrogens with one attached hydrogen (secondary N) is 1. The number of carboxylic acids is 1. The average Bonchev–Trinajstić information content (AvgIpc) is 2.71. The molecule has 0 saturated carbocycles. The highest BCUT2D eigenvalue weighted by Gasteiger charge is 2.24. The average molecular weight is 350 g/mol.